The van der Waals surface area contributed by atoms with E-state index in [1.807, 2.05) is 37.3 Å². The van der Waals surface area contributed by atoms with Crippen LogP contribution in [0.2, 0.25) is 0 Å². The van der Waals surface area contributed by atoms with Crippen molar-refractivity contribution in [3.63, 3.8) is 0 Å². The Morgan fingerprint density at radius 2 is 2.03 bits per heavy atom. The number of amides is 2. The van der Waals surface area contributed by atoms with Crippen LogP contribution in [-0.4, -0.2) is 64.8 Å². The first-order chi connectivity index (χ1) is 14.9. The van der Waals surface area contributed by atoms with Crippen LogP contribution >= 0.6 is 0 Å². The molecule has 8 nitrogen and oxygen atoms in total. The fourth-order valence-electron chi connectivity index (χ4n) is 5.68. The minimum absolute atomic E-state index is 0.0975. The molecule has 1 aromatic carbocycles. The molecule has 168 valence electrons. The summed E-state index contributed by atoms with van der Waals surface area (Å²) in [6, 6.07) is 8.69. The monoisotopic (exact) mass is 430 g/mol. The minimum Gasteiger partial charge on any atom is -0.466 e. The molecule has 8 heteroatoms. The number of fused-ring (bicyclic) bond motifs is 1. The van der Waals surface area contributed by atoms with Gasteiger partial charge < -0.3 is 24.8 Å². The molecule has 3 heterocycles. The molecule has 3 aliphatic heterocycles. The summed E-state index contributed by atoms with van der Waals surface area (Å²) in [6.07, 6.45) is 1.45. The zero-order valence-electron chi connectivity index (χ0n) is 18.0. The molecule has 3 saturated heterocycles. The van der Waals surface area contributed by atoms with Gasteiger partial charge in [-0.25, -0.2) is 0 Å². The van der Waals surface area contributed by atoms with Gasteiger partial charge in [0.05, 0.1) is 18.1 Å². The quantitative estimate of drug-likeness (QED) is 0.597. The van der Waals surface area contributed by atoms with Crippen LogP contribution in [0.25, 0.3) is 0 Å². The second-order valence-electron chi connectivity index (χ2n) is 8.79. The highest BCUT2D eigenvalue weighted by Crippen LogP contribution is 2.63. The molecule has 0 aromatic heterocycles. The second kappa shape index (κ2) is 8.24. The molecular formula is C23H30N2O6. The van der Waals surface area contributed by atoms with Crippen LogP contribution in [0, 0.1) is 11.8 Å². The molecule has 3 aliphatic rings. The van der Waals surface area contributed by atoms with Crippen molar-refractivity contribution in [1.82, 2.24) is 10.2 Å². The van der Waals surface area contributed by atoms with E-state index < -0.39 is 35.0 Å². The smallest absolute Gasteiger partial charge is 0.312 e. The highest BCUT2D eigenvalue weighted by atomic mass is 16.6. The van der Waals surface area contributed by atoms with Crippen LogP contribution in [0.1, 0.15) is 38.7 Å². The van der Waals surface area contributed by atoms with Crippen molar-refractivity contribution in [2.75, 3.05) is 19.8 Å². The topological polar surface area (TPSA) is 105 Å². The Morgan fingerprint density at radius 1 is 1.29 bits per heavy atom. The number of ether oxygens (including phenoxy) is 2. The maximum absolute atomic E-state index is 13.5. The highest BCUT2D eigenvalue weighted by molar-refractivity contribution is 5.98. The van der Waals surface area contributed by atoms with E-state index in [1.165, 1.54) is 4.90 Å². The third kappa shape index (κ3) is 3.42. The molecule has 0 saturated carbocycles. The van der Waals surface area contributed by atoms with E-state index in [-0.39, 0.29) is 31.6 Å². The molecule has 0 aliphatic carbocycles. The summed E-state index contributed by atoms with van der Waals surface area (Å²) in [5.74, 6) is -2.51. The lowest BCUT2D eigenvalue weighted by atomic mass is 9.66. The molecule has 0 radical (unpaired) electrons. The van der Waals surface area contributed by atoms with Gasteiger partial charge in [-0.3, -0.25) is 14.4 Å². The predicted octanol–water partition coefficient (Wildman–Crippen LogP) is 1.01. The lowest BCUT2D eigenvalue weighted by Crippen LogP contribution is -2.55. The van der Waals surface area contributed by atoms with E-state index in [2.05, 4.69) is 5.32 Å². The van der Waals surface area contributed by atoms with Gasteiger partial charge in [0, 0.05) is 19.7 Å². The molecular weight excluding hydrogens is 400 g/mol. The van der Waals surface area contributed by atoms with Crippen LogP contribution in [0.5, 0.6) is 0 Å². The molecule has 3 fully saturated rings. The average Bonchev–Trinajstić information content (AvgIpc) is 3.32. The number of esters is 1. The second-order valence-corrected chi connectivity index (χ2v) is 8.79. The number of benzene rings is 1. The van der Waals surface area contributed by atoms with Gasteiger partial charge in [0.25, 0.3) is 0 Å². The van der Waals surface area contributed by atoms with E-state index in [1.54, 1.807) is 6.92 Å². The van der Waals surface area contributed by atoms with Gasteiger partial charge in [-0.05, 0) is 38.7 Å². The Labute approximate surface area is 181 Å². The summed E-state index contributed by atoms with van der Waals surface area (Å²) < 4.78 is 11.7. The van der Waals surface area contributed by atoms with Crippen molar-refractivity contribution in [2.24, 2.45) is 11.8 Å². The fourth-order valence-corrected chi connectivity index (χ4v) is 5.68. The molecule has 2 N–H and O–H groups in total. The first-order valence-corrected chi connectivity index (χ1v) is 11.0. The van der Waals surface area contributed by atoms with Gasteiger partial charge in [0.15, 0.2) is 0 Å². The third-order valence-corrected chi connectivity index (χ3v) is 6.93. The first-order valence-electron chi connectivity index (χ1n) is 11.0. The van der Waals surface area contributed by atoms with Gasteiger partial charge in [0.1, 0.15) is 17.6 Å². The molecule has 4 rings (SSSR count). The Bertz CT molecular complexity index is 861. The number of hydrogen-bond donors (Lipinski definition) is 2. The minimum atomic E-state index is -1.06. The number of nitrogens with one attached hydrogen (secondary N) is 1. The zero-order chi connectivity index (χ0) is 22.2. The van der Waals surface area contributed by atoms with Crippen molar-refractivity contribution >= 4 is 17.8 Å². The number of rotatable bonds is 8. The van der Waals surface area contributed by atoms with Crippen LogP contribution in [0.3, 0.4) is 0 Å². The van der Waals surface area contributed by atoms with Crippen molar-refractivity contribution in [3.05, 3.63) is 35.9 Å². The lowest BCUT2D eigenvalue weighted by Gasteiger charge is -2.33. The van der Waals surface area contributed by atoms with E-state index in [9.17, 15) is 19.5 Å². The van der Waals surface area contributed by atoms with Gasteiger partial charge in [-0.1, -0.05) is 30.3 Å². The van der Waals surface area contributed by atoms with Gasteiger partial charge >= 0.3 is 5.97 Å². The summed E-state index contributed by atoms with van der Waals surface area (Å²) in [5, 5.41) is 12.3. The molecule has 1 spiro atoms. The van der Waals surface area contributed by atoms with E-state index in [4.69, 9.17) is 9.47 Å². The number of nitrogens with zero attached hydrogens (tertiary/aromatic N) is 1. The van der Waals surface area contributed by atoms with E-state index in [0.717, 1.165) is 5.56 Å². The van der Waals surface area contributed by atoms with Gasteiger partial charge in [0.2, 0.25) is 11.8 Å². The summed E-state index contributed by atoms with van der Waals surface area (Å²) >= 11 is 0. The highest BCUT2D eigenvalue weighted by Gasteiger charge is 2.78. The van der Waals surface area contributed by atoms with Crippen LogP contribution in [-0.2, 0) is 30.4 Å². The standard InChI is InChI=1S/C23H30N2O6/c1-3-30-21(29)17-16-20(28)25(12-7-13-26)18(23(16)11-10-22(17,2)31-23)19(27)24-14-15-8-5-4-6-9-15/h4-6,8-9,16-18,26H,3,7,10-14H2,1-2H3,(H,24,27)/t16-,17-,18?,22+,23?/m0/s1. The SMILES string of the molecule is CCOC(=O)[C@@H]1[C@H]2C(=O)N(CCCO)C(C(=O)NCc3ccccc3)C23CC[C@@]1(C)O3. The average molecular weight is 431 g/mol. The summed E-state index contributed by atoms with van der Waals surface area (Å²) in [7, 11) is 0. The van der Waals surface area contributed by atoms with Crippen molar-refractivity contribution in [3.8, 4) is 0 Å². The van der Waals surface area contributed by atoms with Crippen molar-refractivity contribution < 1.29 is 29.0 Å². The molecule has 5 atom stereocenters. The van der Waals surface area contributed by atoms with Crippen LogP contribution in [0.4, 0.5) is 0 Å². The molecule has 1 aromatic rings. The summed E-state index contributed by atoms with van der Waals surface area (Å²) in [5.41, 5.74) is -0.934. The maximum atomic E-state index is 13.5. The number of carbonyl (C=O) groups excluding carboxylic acids is 3. The van der Waals surface area contributed by atoms with Crippen molar-refractivity contribution in [1.29, 1.82) is 0 Å². The first kappa shape index (κ1) is 21.8. The Balaban J connectivity index is 1.65. The van der Waals surface area contributed by atoms with Gasteiger partial charge in [-0.2, -0.15) is 0 Å². The Kier molecular flexibility index (Phi) is 5.79. The molecule has 2 unspecified atom stereocenters. The number of aliphatic hydroxyl groups is 1. The fraction of sp³-hybridized carbons (Fsp3) is 0.609. The summed E-state index contributed by atoms with van der Waals surface area (Å²) in [4.78, 5) is 41.2. The van der Waals surface area contributed by atoms with Crippen molar-refractivity contribution in [2.45, 2.75) is 56.9 Å². The van der Waals surface area contributed by atoms with E-state index in [0.29, 0.717) is 25.8 Å². The van der Waals surface area contributed by atoms with Crippen LogP contribution in [0.15, 0.2) is 30.3 Å². The largest absolute Gasteiger partial charge is 0.466 e. The number of hydrogen-bond acceptors (Lipinski definition) is 6. The predicted molar refractivity (Wildman–Crippen MR) is 111 cm³/mol. The summed E-state index contributed by atoms with van der Waals surface area (Å²) in [6.45, 7) is 4.25. The lowest BCUT2D eigenvalue weighted by molar-refractivity contribution is -0.159. The molecule has 31 heavy (non-hydrogen) atoms. The Morgan fingerprint density at radius 3 is 2.71 bits per heavy atom. The molecule has 2 bridgehead atoms. The maximum Gasteiger partial charge on any atom is 0.312 e. The Hall–Kier alpha value is -2.45. The normalized spacial score (nSPS) is 33.5. The zero-order valence-corrected chi connectivity index (χ0v) is 18.0. The van der Waals surface area contributed by atoms with Gasteiger partial charge in [-0.15, -0.1) is 0 Å². The van der Waals surface area contributed by atoms with E-state index >= 15 is 0 Å². The van der Waals surface area contributed by atoms with Crippen LogP contribution < -0.4 is 5.32 Å². The third-order valence-electron chi connectivity index (χ3n) is 6.93. The number of likely N-dealkylation sites (tertiary alicyclic amines) is 1. The number of carbonyl (C=O) groups is 3. The number of aliphatic hydroxyl groups excluding tert-OH is 1. The molecule has 2 amide bonds.